The van der Waals surface area contributed by atoms with Gasteiger partial charge < -0.3 is 5.32 Å². The van der Waals surface area contributed by atoms with Gasteiger partial charge in [0.1, 0.15) is 0 Å². The van der Waals surface area contributed by atoms with Crippen molar-refractivity contribution in [1.29, 1.82) is 0 Å². The van der Waals surface area contributed by atoms with Crippen LogP contribution in [0.2, 0.25) is 5.02 Å². The third-order valence-electron chi connectivity index (χ3n) is 4.55. The predicted octanol–water partition coefficient (Wildman–Crippen LogP) is 4.98. The van der Waals surface area contributed by atoms with Gasteiger partial charge in [0, 0.05) is 10.7 Å². The summed E-state index contributed by atoms with van der Waals surface area (Å²) in [6.07, 6.45) is 0.00466. The SMILES string of the molecule is CCN(CC)C(C)Nc1nc2ccccc2n(-c2ccc(Cl)cc2)c1=O.Cl.Cl. The molecule has 3 aromatic rings. The Hall–Kier alpha value is -1.79. The van der Waals surface area contributed by atoms with E-state index in [0.29, 0.717) is 10.8 Å². The smallest absolute Gasteiger partial charge is 0.298 e. The molecule has 28 heavy (non-hydrogen) atoms. The van der Waals surface area contributed by atoms with Gasteiger partial charge in [0.15, 0.2) is 5.82 Å². The van der Waals surface area contributed by atoms with Gasteiger partial charge >= 0.3 is 0 Å². The summed E-state index contributed by atoms with van der Waals surface area (Å²) in [7, 11) is 0. The van der Waals surface area contributed by atoms with E-state index >= 15 is 0 Å². The van der Waals surface area contributed by atoms with Crippen LogP contribution in [0.5, 0.6) is 0 Å². The lowest BCUT2D eigenvalue weighted by atomic mass is 10.2. The second-order valence-corrected chi connectivity index (χ2v) is 6.54. The van der Waals surface area contributed by atoms with Gasteiger partial charge in [0.2, 0.25) is 0 Å². The molecule has 1 heterocycles. The Morgan fingerprint density at radius 2 is 1.68 bits per heavy atom. The summed E-state index contributed by atoms with van der Waals surface area (Å²) >= 11 is 6.01. The Kier molecular flexibility index (Phi) is 9.24. The van der Waals surface area contributed by atoms with Crippen molar-refractivity contribution in [2.24, 2.45) is 0 Å². The molecule has 1 N–H and O–H groups in total. The molecule has 152 valence electrons. The average molecular weight is 444 g/mol. The van der Waals surface area contributed by atoms with Crippen LogP contribution in [0.4, 0.5) is 5.82 Å². The molecule has 8 heteroatoms. The largest absolute Gasteiger partial charge is 0.350 e. The van der Waals surface area contributed by atoms with E-state index in [1.165, 1.54) is 0 Å². The van der Waals surface area contributed by atoms with Crippen LogP contribution in [-0.2, 0) is 0 Å². The second-order valence-electron chi connectivity index (χ2n) is 6.11. The molecule has 0 radical (unpaired) electrons. The van der Waals surface area contributed by atoms with E-state index in [1.54, 1.807) is 16.7 Å². The summed E-state index contributed by atoms with van der Waals surface area (Å²) in [5.41, 5.74) is 2.11. The van der Waals surface area contributed by atoms with Crippen LogP contribution in [0.15, 0.2) is 53.3 Å². The highest BCUT2D eigenvalue weighted by Gasteiger charge is 2.16. The normalized spacial score (nSPS) is 11.6. The Labute approximate surface area is 182 Å². The first-order valence-corrected chi connectivity index (χ1v) is 9.21. The van der Waals surface area contributed by atoms with E-state index in [-0.39, 0.29) is 36.5 Å². The maximum atomic E-state index is 13.2. The molecule has 1 aromatic heterocycles. The number of anilines is 1. The first kappa shape index (κ1) is 24.2. The lowest BCUT2D eigenvalue weighted by Gasteiger charge is -2.27. The first-order valence-electron chi connectivity index (χ1n) is 8.83. The molecule has 0 saturated carbocycles. The van der Waals surface area contributed by atoms with Crippen LogP contribution >= 0.6 is 36.4 Å². The maximum Gasteiger partial charge on any atom is 0.298 e. The van der Waals surface area contributed by atoms with Crippen LogP contribution in [0.1, 0.15) is 20.8 Å². The fourth-order valence-electron chi connectivity index (χ4n) is 3.13. The number of hydrogen-bond acceptors (Lipinski definition) is 4. The Balaban J connectivity index is 0.00000196. The van der Waals surface area contributed by atoms with Crippen LogP contribution in [-0.4, -0.2) is 33.7 Å². The fourth-order valence-corrected chi connectivity index (χ4v) is 3.26. The predicted molar refractivity (Wildman–Crippen MR) is 123 cm³/mol. The van der Waals surface area contributed by atoms with Gasteiger partial charge in [0.05, 0.1) is 17.2 Å². The highest BCUT2D eigenvalue weighted by molar-refractivity contribution is 6.30. The van der Waals surface area contributed by atoms with Crippen molar-refractivity contribution in [3.05, 3.63) is 63.9 Å². The number of rotatable bonds is 6. The van der Waals surface area contributed by atoms with Crippen LogP contribution < -0.4 is 10.9 Å². The Morgan fingerprint density at radius 3 is 2.29 bits per heavy atom. The summed E-state index contributed by atoms with van der Waals surface area (Å²) in [5, 5.41) is 3.91. The zero-order valence-electron chi connectivity index (χ0n) is 16.1. The van der Waals surface area contributed by atoms with Crippen molar-refractivity contribution in [3.8, 4) is 5.69 Å². The number of para-hydroxylation sites is 2. The van der Waals surface area contributed by atoms with E-state index in [4.69, 9.17) is 11.6 Å². The number of nitrogens with one attached hydrogen (secondary N) is 1. The minimum atomic E-state index is -0.176. The van der Waals surface area contributed by atoms with Gasteiger partial charge in [-0.05, 0) is 56.4 Å². The quantitative estimate of drug-likeness (QED) is 0.546. The highest BCUT2D eigenvalue weighted by atomic mass is 35.5. The van der Waals surface area contributed by atoms with Gasteiger partial charge in [-0.2, -0.15) is 0 Å². The maximum absolute atomic E-state index is 13.2. The molecule has 1 atom stereocenters. The van der Waals surface area contributed by atoms with Crippen molar-refractivity contribution < 1.29 is 0 Å². The number of hydrogen-bond donors (Lipinski definition) is 1. The number of halogens is 3. The topological polar surface area (TPSA) is 50.2 Å². The van der Waals surface area contributed by atoms with Crippen LogP contribution in [0.25, 0.3) is 16.7 Å². The van der Waals surface area contributed by atoms with E-state index < -0.39 is 0 Å². The molecule has 3 rings (SSSR count). The summed E-state index contributed by atoms with van der Waals surface area (Å²) in [4.78, 5) is 20.0. The van der Waals surface area contributed by atoms with Gasteiger partial charge in [-0.1, -0.05) is 37.6 Å². The van der Waals surface area contributed by atoms with Crippen molar-refractivity contribution in [1.82, 2.24) is 14.5 Å². The van der Waals surface area contributed by atoms with E-state index in [1.807, 2.05) is 43.3 Å². The summed E-state index contributed by atoms with van der Waals surface area (Å²) in [5.74, 6) is 0.345. The zero-order valence-corrected chi connectivity index (χ0v) is 18.4. The van der Waals surface area contributed by atoms with E-state index in [0.717, 1.165) is 29.8 Å². The number of nitrogens with zero attached hydrogens (tertiary/aromatic N) is 3. The lowest BCUT2D eigenvalue weighted by Crippen LogP contribution is -2.40. The van der Waals surface area contributed by atoms with Crippen LogP contribution in [0, 0.1) is 0 Å². The molecule has 5 nitrogen and oxygen atoms in total. The molecular weight excluding hydrogens is 419 g/mol. The monoisotopic (exact) mass is 442 g/mol. The van der Waals surface area contributed by atoms with E-state index in [2.05, 4.69) is 29.0 Å². The highest BCUT2D eigenvalue weighted by Crippen LogP contribution is 2.19. The molecule has 0 saturated heterocycles. The molecule has 0 aliphatic carbocycles. The molecular formula is C20H25Cl3N4O. The summed E-state index contributed by atoms with van der Waals surface area (Å²) in [6.45, 7) is 8.02. The molecule has 0 bridgehead atoms. The number of benzene rings is 2. The zero-order chi connectivity index (χ0) is 18.7. The molecule has 0 aliphatic rings. The number of fused-ring (bicyclic) bond motifs is 1. The minimum absolute atomic E-state index is 0. The molecule has 2 aromatic carbocycles. The first-order chi connectivity index (χ1) is 12.5. The van der Waals surface area contributed by atoms with Crippen LogP contribution in [0.3, 0.4) is 0 Å². The van der Waals surface area contributed by atoms with Crippen molar-refractivity contribution >= 4 is 53.3 Å². The van der Waals surface area contributed by atoms with Gasteiger partial charge in [-0.25, -0.2) is 4.98 Å². The standard InChI is InChI=1S/C20H23ClN4O.2ClH/c1-4-24(5-2)14(3)22-19-20(26)25(16-12-10-15(21)11-13-16)18-9-7-6-8-17(18)23-19;;/h6-14H,4-5H2,1-3H3,(H,22,23);2*1H. The number of aromatic nitrogens is 2. The molecule has 0 fully saturated rings. The summed E-state index contributed by atoms with van der Waals surface area (Å²) < 4.78 is 1.68. The minimum Gasteiger partial charge on any atom is -0.350 e. The molecule has 0 aliphatic heterocycles. The van der Waals surface area contributed by atoms with Gasteiger partial charge in [-0.15, -0.1) is 24.8 Å². The fraction of sp³-hybridized carbons (Fsp3) is 0.300. The van der Waals surface area contributed by atoms with Crippen molar-refractivity contribution in [2.45, 2.75) is 26.9 Å². The van der Waals surface area contributed by atoms with Gasteiger partial charge in [0.25, 0.3) is 5.56 Å². The van der Waals surface area contributed by atoms with Crippen molar-refractivity contribution in [3.63, 3.8) is 0 Å². The lowest BCUT2D eigenvalue weighted by molar-refractivity contribution is 0.252. The third-order valence-corrected chi connectivity index (χ3v) is 4.80. The molecule has 1 unspecified atom stereocenters. The van der Waals surface area contributed by atoms with Crippen molar-refractivity contribution in [2.75, 3.05) is 18.4 Å². The Morgan fingerprint density at radius 1 is 1.07 bits per heavy atom. The third kappa shape index (κ3) is 4.97. The second kappa shape index (κ2) is 10.7. The molecule has 0 amide bonds. The van der Waals surface area contributed by atoms with E-state index in [9.17, 15) is 4.79 Å². The molecule has 0 spiro atoms. The summed E-state index contributed by atoms with van der Waals surface area (Å²) in [6, 6.07) is 14.9. The Bertz CT molecular complexity index is 956. The average Bonchev–Trinajstić information content (AvgIpc) is 2.64. The van der Waals surface area contributed by atoms with Gasteiger partial charge in [-0.3, -0.25) is 14.3 Å².